The molecular formula is C15H14N2O2S. The van der Waals surface area contributed by atoms with Gasteiger partial charge in [-0.3, -0.25) is 4.79 Å². The molecule has 0 unspecified atom stereocenters. The number of benzene rings is 1. The molecule has 0 aliphatic heterocycles. The number of rotatable bonds is 2. The Morgan fingerprint density at radius 2 is 1.95 bits per heavy atom. The van der Waals surface area contributed by atoms with Crippen LogP contribution in [0, 0.1) is 0 Å². The fraction of sp³-hybridized carbons (Fsp3) is 0.200. The molecule has 0 aliphatic carbocycles. The van der Waals surface area contributed by atoms with E-state index in [9.17, 15) is 9.90 Å². The van der Waals surface area contributed by atoms with E-state index in [0.717, 1.165) is 16.0 Å². The Hall–Kier alpha value is -2.14. The van der Waals surface area contributed by atoms with Crippen LogP contribution in [-0.2, 0) is 0 Å². The molecule has 4 nitrogen and oxygen atoms in total. The van der Waals surface area contributed by atoms with Crippen molar-refractivity contribution >= 4 is 21.6 Å². The van der Waals surface area contributed by atoms with Gasteiger partial charge < -0.3 is 10.1 Å². The van der Waals surface area contributed by atoms with Crippen molar-refractivity contribution in [1.29, 1.82) is 0 Å². The fourth-order valence-electron chi connectivity index (χ4n) is 2.15. The number of H-pyrrole nitrogens is 1. The highest BCUT2D eigenvalue weighted by Gasteiger charge is 2.14. The summed E-state index contributed by atoms with van der Waals surface area (Å²) < 4.78 is 0. The van der Waals surface area contributed by atoms with Crippen LogP contribution in [-0.4, -0.2) is 15.1 Å². The molecule has 3 rings (SSSR count). The van der Waals surface area contributed by atoms with E-state index in [1.165, 1.54) is 11.3 Å². The smallest absolute Gasteiger partial charge is 0.260 e. The zero-order valence-electron chi connectivity index (χ0n) is 11.2. The summed E-state index contributed by atoms with van der Waals surface area (Å²) in [6.07, 6.45) is 0. The minimum atomic E-state index is -0.108. The Bertz CT molecular complexity index is 816. The Morgan fingerprint density at radius 1 is 1.25 bits per heavy atom. The van der Waals surface area contributed by atoms with Crippen molar-refractivity contribution in [2.45, 2.75) is 19.8 Å². The Morgan fingerprint density at radius 3 is 2.60 bits per heavy atom. The second-order valence-corrected chi connectivity index (χ2v) is 5.85. The second kappa shape index (κ2) is 4.76. The van der Waals surface area contributed by atoms with Crippen LogP contribution in [0.5, 0.6) is 5.75 Å². The summed E-state index contributed by atoms with van der Waals surface area (Å²) in [6, 6.07) is 6.62. The zero-order chi connectivity index (χ0) is 14.3. The van der Waals surface area contributed by atoms with Gasteiger partial charge in [-0.15, -0.1) is 11.3 Å². The first-order chi connectivity index (χ1) is 9.56. The first kappa shape index (κ1) is 12.9. The Balaban J connectivity index is 2.21. The topological polar surface area (TPSA) is 66.0 Å². The molecule has 0 saturated carbocycles. The number of nitrogens with zero attached hydrogens (tertiary/aromatic N) is 1. The maximum atomic E-state index is 12.3. The number of phenolic OH excluding ortho intramolecular Hbond substituents is 1. The summed E-state index contributed by atoms with van der Waals surface area (Å²) in [5, 5.41) is 12.0. The lowest BCUT2D eigenvalue weighted by atomic mass is 10.0. The number of nitrogens with one attached hydrogen (secondary N) is 1. The predicted octanol–water partition coefficient (Wildman–Crippen LogP) is 3.48. The SMILES string of the molecule is CC(C)c1csc2nc(-c3ccc(O)cc3)[nH]c(=O)c12. The lowest BCUT2D eigenvalue weighted by Crippen LogP contribution is -2.10. The van der Waals surface area contributed by atoms with Crippen LogP contribution in [0.4, 0.5) is 0 Å². The molecule has 0 radical (unpaired) electrons. The highest BCUT2D eigenvalue weighted by atomic mass is 32.1. The third-order valence-corrected chi connectivity index (χ3v) is 4.13. The van der Waals surface area contributed by atoms with E-state index < -0.39 is 0 Å². The summed E-state index contributed by atoms with van der Waals surface area (Å²) in [5.74, 6) is 1.02. The molecule has 3 aromatic rings. The van der Waals surface area contributed by atoms with Crippen LogP contribution in [0.15, 0.2) is 34.4 Å². The number of hydrogen-bond donors (Lipinski definition) is 2. The molecule has 20 heavy (non-hydrogen) atoms. The molecule has 1 aromatic carbocycles. The molecule has 2 aromatic heterocycles. The number of phenols is 1. The first-order valence-corrected chi connectivity index (χ1v) is 7.25. The molecule has 0 atom stereocenters. The molecule has 0 spiro atoms. The molecule has 5 heteroatoms. The molecule has 2 heterocycles. The van der Waals surface area contributed by atoms with Crippen molar-refractivity contribution in [1.82, 2.24) is 9.97 Å². The quantitative estimate of drug-likeness (QED) is 0.758. The monoisotopic (exact) mass is 286 g/mol. The van der Waals surface area contributed by atoms with Gasteiger partial charge in [0.25, 0.3) is 5.56 Å². The summed E-state index contributed by atoms with van der Waals surface area (Å²) in [4.78, 5) is 20.4. The third-order valence-electron chi connectivity index (χ3n) is 3.24. The van der Waals surface area contributed by atoms with E-state index >= 15 is 0 Å². The maximum absolute atomic E-state index is 12.3. The van der Waals surface area contributed by atoms with Crippen molar-refractivity contribution in [2.75, 3.05) is 0 Å². The van der Waals surface area contributed by atoms with Crippen LogP contribution < -0.4 is 5.56 Å². The van der Waals surface area contributed by atoms with Crippen molar-refractivity contribution < 1.29 is 5.11 Å². The Kier molecular flexibility index (Phi) is 3.06. The lowest BCUT2D eigenvalue weighted by molar-refractivity contribution is 0.475. The average Bonchev–Trinajstić information content (AvgIpc) is 2.84. The third kappa shape index (κ3) is 2.10. The van der Waals surface area contributed by atoms with Crippen LogP contribution in [0.3, 0.4) is 0 Å². The predicted molar refractivity (Wildman–Crippen MR) is 81.4 cm³/mol. The van der Waals surface area contributed by atoms with Gasteiger partial charge in [0.05, 0.1) is 5.39 Å². The number of aromatic hydroxyl groups is 1. The highest BCUT2D eigenvalue weighted by Crippen LogP contribution is 2.28. The van der Waals surface area contributed by atoms with Gasteiger partial charge >= 0.3 is 0 Å². The molecule has 102 valence electrons. The van der Waals surface area contributed by atoms with Gasteiger partial charge in [0.15, 0.2) is 0 Å². The first-order valence-electron chi connectivity index (χ1n) is 6.37. The lowest BCUT2D eigenvalue weighted by Gasteiger charge is -2.04. The minimum Gasteiger partial charge on any atom is -0.508 e. The van der Waals surface area contributed by atoms with Gasteiger partial charge in [-0.25, -0.2) is 4.98 Å². The largest absolute Gasteiger partial charge is 0.508 e. The summed E-state index contributed by atoms with van der Waals surface area (Å²) in [6.45, 7) is 4.13. The van der Waals surface area contributed by atoms with Crippen molar-refractivity contribution in [3.63, 3.8) is 0 Å². The van der Waals surface area contributed by atoms with Gasteiger partial charge in [-0.1, -0.05) is 13.8 Å². The zero-order valence-corrected chi connectivity index (χ0v) is 12.0. The number of thiophene rings is 1. The number of fused-ring (bicyclic) bond motifs is 1. The summed E-state index contributed by atoms with van der Waals surface area (Å²) >= 11 is 1.49. The van der Waals surface area contributed by atoms with E-state index in [2.05, 4.69) is 23.8 Å². The van der Waals surface area contributed by atoms with E-state index in [1.54, 1.807) is 24.3 Å². The van der Waals surface area contributed by atoms with Crippen molar-refractivity contribution in [2.24, 2.45) is 0 Å². The Labute approximate surface area is 119 Å². The van der Waals surface area contributed by atoms with Gasteiger partial charge in [0.1, 0.15) is 16.4 Å². The molecule has 2 N–H and O–H groups in total. The highest BCUT2D eigenvalue weighted by molar-refractivity contribution is 7.16. The van der Waals surface area contributed by atoms with E-state index in [4.69, 9.17) is 0 Å². The normalized spacial score (nSPS) is 11.3. The number of aromatic amines is 1. The van der Waals surface area contributed by atoms with Crippen LogP contribution in [0.25, 0.3) is 21.6 Å². The van der Waals surface area contributed by atoms with E-state index in [-0.39, 0.29) is 11.3 Å². The van der Waals surface area contributed by atoms with Crippen LogP contribution in [0.2, 0.25) is 0 Å². The number of hydrogen-bond acceptors (Lipinski definition) is 4. The standard InChI is InChI=1S/C15H14N2O2S/c1-8(2)11-7-20-15-12(11)14(19)16-13(17-15)9-3-5-10(18)6-4-9/h3-8,18H,1-2H3,(H,16,17,19). The minimum absolute atomic E-state index is 0.108. The van der Waals surface area contributed by atoms with E-state index in [0.29, 0.717) is 17.1 Å². The van der Waals surface area contributed by atoms with Gasteiger partial charge in [0.2, 0.25) is 0 Å². The molecule has 0 amide bonds. The summed E-state index contributed by atoms with van der Waals surface area (Å²) in [5.41, 5.74) is 1.71. The average molecular weight is 286 g/mol. The van der Waals surface area contributed by atoms with Gasteiger partial charge in [0, 0.05) is 5.56 Å². The maximum Gasteiger partial charge on any atom is 0.260 e. The van der Waals surface area contributed by atoms with E-state index in [1.807, 2.05) is 5.38 Å². The molecule has 0 aliphatic rings. The molecule has 0 bridgehead atoms. The van der Waals surface area contributed by atoms with Crippen LogP contribution >= 0.6 is 11.3 Å². The summed E-state index contributed by atoms with van der Waals surface area (Å²) in [7, 11) is 0. The molecule has 0 saturated heterocycles. The van der Waals surface area contributed by atoms with Gasteiger partial charge in [-0.05, 0) is 41.1 Å². The van der Waals surface area contributed by atoms with Crippen molar-refractivity contribution in [3.05, 3.63) is 45.6 Å². The van der Waals surface area contributed by atoms with Crippen molar-refractivity contribution in [3.8, 4) is 17.1 Å². The number of aromatic nitrogens is 2. The second-order valence-electron chi connectivity index (χ2n) is 4.99. The fourth-order valence-corrected chi connectivity index (χ4v) is 3.25. The van der Waals surface area contributed by atoms with Gasteiger partial charge in [-0.2, -0.15) is 0 Å². The van der Waals surface area contributed by atoms with Crippen LogP contribution in [0.1, 0.15) is 25.3 Å². The molecular weight excluding hydrogens is 272 g/mol. The molecule has 0 fully saturated rings.